The van der Waals surface area contributed by atoms with E-state index in [0.717, 1.165) is 22.7 Å². The zero-order chi connectivity index (χ0) is 16.4. The summed E-state index contributed by atoms with van der Waals surface area (Å²) in [5.74, 6) is 0.642. The second kappa shape index (κ2) is 6.38. The highest BCUT2D eigenvalue weighted by Gasteiger charge is 2.20. The van der Waals surface area contributed by atoms with E-state index in [1.165, 1.54) is 0 Å². The van der Waals surface area contributed by atoms with Gasteiger partial charge in [-0.3, -0.25) is 4.79 Å². The Morgan fingerprint density at radius 1 is 1.39 bits per heavy atom. The molecule has 0 atom stereocenters. The Hall–Kier alpha value is -2.40. The van der Waals surface area contributed by atoms with Crippen LogP contribution in [0.1, 0.15) is 5.56 Å². The van der Waals surface area contributed by atoms with Crippen molar-refractivity contribution in [1.82, 2.24) is 0 Å². The number of hydrogen-bond acceptors (Lipinski definition) is 4. The molecule has 0 unspecified atom stereocenters. The maximum Gasteiger partial charge on any atom is 0.243 e. The Kier molecular flexibility index (Phi) is 4.30. The molecule has 3 rings (SSSR count). The van der Waals surface area contributed by atoms with Gasteiger partial charge >= 0.3 is 0 Å². The molecule has 3 N–H and O–H groups in total. The van der Waals surface area contributed by atoms with Crippen LogP contribution in [0.4, 0.5) is 17.1 Å². The number of nitrogens with two attached hydrogens (primary N) is 1. The van der Waals surface area contributed by atoms with Crippen LogP contribution >= 0.6 is 11.6 Å². The first-order valence-corrected chi connectivity index (χ1v) is 7.74. The van der Waals surface area contributed by atoms with E-state index in [1.807, 2.05) is 36.1 Å². The lowest BCUT2D eigenvalue weighted by atomic mass is 10.2. The topological polar surface area (TPSA) is 67.6 Å². The van der Waals surface area contributed by atoms with Crippen molar-refractivity contribution in [3.05, 3.63) is 47.0 Å². The van der Waals surface area contributed by atoms with Gasteiger partial charge in [-0.15, -0.1) is 0 Å². The van der Waals surface area contributed by atoms with E-state index in [4.69, 9.17) is 22.1 Å². The molecule has 23 heavy (non-hydrogen) atoms. The Labute approximate surface area is 140 Å². The summed E-state index contributed by atoms with van der Waals surface area (Å²) in [6, 6.07) is 10.9. The third-order valence-electron chi connectivity index (χ3n) is 3.82. The molecular formula is C17H18ClN3O2. The van der Waals surface area contributed by atoms with Gasteiger partial charge in [0.2, 0.25) is 5.91 Å². The number of benzene rings is 2. The Bertz CT molecular complexity index is 749. The zero-order valence-electron chi connectivity index (χ0n) is 12.8. The first-order valence-electron chi connectivity index (χ1n) is 7.37. The van der Waals surface area contributed by atoms with E-state index in [0.29, 0.717) is 23.9 Å². The lowest BCUT2D eigenvalue weighted by Crippen LogP contribution is -2.38. The number of halogens is 1. The van der Waals surface area contributed by atoms with Crippen LogP contribution in [-0.4, -0.2) is 25.6 Å². The van der Waals surface area contributed by atoms with E-state index in [2.05, 4.69) is 5.32 Å². The summed E-state index contributed by atoms with van der Waals surface area (Å²) in [5.41, 5.74) is 8.90. The smallest absolute Gasteiger partial charge is 0.243 e. The summed E-state index contributed by atoms with van der Waals surface area (Å²) in [4.78, 5) is 14.3. The molecule has 0 bridgehead atoms. The van der Waals surface area contributed by atoms with Gasteiger partial charge in [0.15, 0.2) is 0 Å². The van der Waals surface area contributed by atoms with Gasteiger partial charge in [0, 0.05) is 16.4 Å². The fourth-order valence-electron chi connectivity index (χ4n) is 2.56. The van der Waals surface area contributed by atoms with Gasteiger partial charge in [-0.1, -0.05) is 17.7 Å². The molecule has 1 amide bonds. The van der Waals surface area contributed by atoms with Crippen molar-refractivity contribution in [2.24, 2.45) is 0 Å². The lowest BCUT2D eigenvalue weighted by molar-refractivity contribution is -0.115. The summed E-state index contributed by atoms with van der Waals surface area (Å²) in [6.45, 7) is 3.28. The first-order chi connectivity index (χ1) is 11.0. The van der Waals surface area contributed by atoms with E-state index in [-0.39, 0.29) is 12.5 Å². The molecular weight excluding hydrogens is 314 g/mol. The first kappa shape index (κ1) is 15.5. The van der Waals surface area contributed by atoms with Gasteiger partial charge in [-0.2, -0.15) is 0 Å². The summed E-state index contributed by atoms with van der Waals surface area (Å²) in [7, 11) is 0. The Morgan fingerprint density at radius 3 is 3.04 bits per heavy atom. The molecule has 0 fully saturated rings. The predicted molar refractivity (Wildman–Crippen MR) is 93.4 cm³/mol. The number of ether oxygens (including phenoxy) is 1. The lowest BCUT2D eigenvalue weighted by Gasteiger charge is -2.31. The average molecular weight is 332 g/mol. The van der Waals surface area contributed by atoms with Crippen LogP contribution in [0.5, 0.6) is 5.75 Å². The fourth-order valence-corrected chi connectivity index (χ4v) is 2.73. The summed E-state index contributed by atoms with van der Waals surface area (Å²) < 4.78 is 5.60. The molecule has 1 aliphatic rings. The van der Waals surface area contributed by atoms with Gasteiger partial charge < -0.3 is 20.7 Å². The van der Waals surface area contributed by atoms with E-state index < -0.39 is 0 Å². The van der Waals surface area contributed by atoms with Crippen LogP contribution in [0.2, 0.25) is 5.02 Å². The van der Waals surface area contributed by atoms with Gasteiger partial charge in [-0.25, -0.2) is 0 Å². The van der Waals surface area contributed by atoms with Crippen LogP contribution < -0.4 is 20.7 Å². The standard InChI is InChI=1S/C17H18ClN3O2/c1-11-13(18)3-2-4-14(11)20-17(22)10-21-7-8-23-16-6-5-12(19)9-15(16)21/h2-6,9H,7-8,10,19H2,1H3,(H,20,22). The highest BCUT2D eigenvalue weighted by molar-refractivity contribution is 6.31. The number of rotatable bonds is 3. The van der Waals surface area contributed by atoms with Gasteiger partial charge in [0.25, 0.3) is 0 Å². The maximum atomic E-state index is 12.4. The fraction of sp³-hybridized carbons (Fsp3) is 0.235. The molecule has 1 aliphatic heterocycles. The number of nitrogens with one attached hydrogen (secondary N) is 1. The van der Waals surface area contributed by atoms with Crippen molar-refractivity contribution in [1.29, 1.82) is 0 Å². The third-order valence-corrected chi connectivity index (χ3v) is 4.23. The third kappa shape index (κ3) is 3.35. The number of anilines is 3. The number of nitrogen functional groups attached to an aromatic ring is 1. The summed E-state index contributed by atoms with van der Waals surface area (Å²) in [6.07, 6.45) is 0. The molecule has 0 spiro atoms. The normalized spacial score (nSPS) is 13.2. The minimum atomic E-state index is -0.106. The monoisotopic (exact) mass is 331 g/mol. The van der Waals surface area contributed by atoms with Crippen molar-refractivity contribution < 1.29 is 9.53 Å². The second-order valence-electron chi connectivity index (χ2n) is 5.46. The van der Waals surface area contributed by atoms with Crippen LogP contribution in [0.15, 0.2) is 36.4 Å². The molecule has 1 heterocycles. The van der Waals surface area contributed by atoms with Crippen molar-refractivity contribution in [3.63, 3.8) is 0 Å². The molecule has 0 aliphatic carbocycles. The molecule has 6 heteroatoms. The molecule has 5 nitrogen and oxygen atoms in total. The molecule has 0 radical (unpaired) electrons. The van der Waals surface area contributed by atoms with Crippen molar-refractivity contribution in [2.45, 2.75) is 6.92 Å². The van der Waals surface area contributed by atoms with Crippen molar-refractivity contribution in [3.8, 4) is 5.75 Å². The van der Waals surface area contributed by atoms with E-state index in [1.54, 1.807) is 12.1 Å². The van der Waals surface area contributed by atoms with Crippen LogP contribution in [0, 0.1) is 6.92 Å². The van der Waals surface area contributed by atoms with Crippen LogP contribution in [0.3, 0.4) is 0 Å². The zero-order valence-corrected chi connectivity index (χ0v) is 13.6. The average Bonchev–Trinajstić information content (AvgIpc) is 2.52. The van der Waals surface area contributed by atoms with Gasteiger partial charge in [0.1, 0.15) is 12.4 Å². The van der Waals surface area contributed by atoms with Crippen LogP contribution in [0.25, 0.3) is 0 Å². The number of nitrogens with zero attached hydrogens (tertiary/aromatic N) is 1. The number of carbonyl (C=O) groups excluding carboxylic acids is 1. The highest BCUT2D eigenvalue weighted by Crippen LogP contribution is 2.33. The number of amides is 1. The number of carbonyl (C=O) groups is 1. The molecule has 0 aromatic heterocycles. The molecule has 0 saturated carbocycles. The largest absolute Gasteiger partial charge is 0.490 e. The molecule has 2 aromatic carbocycles. The highest BCUT2D eigenvalue weighted by atomic mass is 35.5. The van der Waals surface area contributed by atoms with Crippen molar-refractivity contribution in [2.75, 3.05) is 35.6 Å². The predicted octanol–water partition coefficient (Wildman–Crippen LogP) is 3.07. The molecule has 120 valence electrons. The minimum Gasteiger partial charge on any atom is -0.490 e. The SMILES string of the molecule is Cc1c(Cl)cccc1NC(=O)CN1CCOc2ccc(N)cc21. The van der Waals surface area contributed by atoms with Gasteiger partial charge in [-0.05, 0) is 42.8 Å². The Morgan fingerprint density at radius 2 is 2.22 bits per heavy atom. The van der Waals surface area contributed by atoms with Gasteiger partial charge in [0.05, 0.1) is 18.8 Å². The second-order valence-corrected chi connectivity index (χ2v) is 5.86. The quantitative estimate of drug-likeness (QED) is 0.848. The molecule has 0 saturated heterocycles. The molecule has 2 aromatic rings. The Balaban J connectivity index is 1.74. The number of fused-ring (bicyclic) bond motifs is 1. The maximum absolute atomic E-state index is 12.4. The van der Waals surface area contributed by atoms with Crippen molar-refractivity contribution >= 4 is 34.6 Å². The van der Waals surface area contributed by atoms with Crippen LogP contribution in [-0.2, 0) is 4.79 Å². The summed E-state index contributed by atoms with van der Waals surface area (Å²) in [5, 5.41) is 3.54. The van der Waals surface area contributed by atoms with E-state index >= 15 is 0 Å². The number of hydrogen-bond donors (Lipinski definition) is 2. The van der Waals surface area contributed by atoms with E-state index in [9.17, 15) is 4.79 Å². The summed E-state index contributed by atoms with van der Waals surface area (Å²) >= 11 is 6.08. The minimum absolute atomic E-state index is 0.106.